The van der Waals surface area contributed by atoms with E-state index in [0.29, 0.717) is 5.56 Å². The highest BCUT2D eigenvalue weighted by Crippen LogP contribution is 2.25. The second kappa shape index (κ2) is 28.5. The summed E-state index contributed by atoms with van der Waals surface area (Å²) in [6, 6.07) is 7.93. The Labute approximate surface area is 318 Å². The second-order valence-corrected chi connectivity index (χ2v) is 17.8. The lowest BCUT2D eigenvalue weighted by Gasteiger charge is -2.23. The predicted octanol–water partition coefficient (Wildman–Crippen LogP) is 15.1. The van der Waals surface area contributed by atoms with Crippen LogP contribution < -0.4 is 4.90 Å². The van der Waals surface area contributed by atoms with Gasteiger partial charge in [0.25, 0.3) is 0 Å². The monoisotopic (exact) mass is 708 g/mol. The average molecular weight is 708 g/mol. The maximum atomic E-state index is 12.3. The number of esters is 1. The van der Waals surface area contributed by atoms with Gasteiger partial charge in [-0.2, -0.15) is 0 Å². The van der Waals surface area contributed by atoms with Crippen molar-refractivity contribution in [1.82, 2.24) is 0 Å². The van der Waals surface area contributed by atoms with E-state index < -0.39 is 0 Å². The van der Waals surface area contributed by atoms with Gasteiger partial charge in [-0.05, 0) is 93.2 Å². The van der Waals surface area contributed by atoms with E-state index in [1.54, 1.807) is 0 Å². The molecule has 0 aliphatic heterocycles. The fourth-order valence-electron chi connectivity index (χ4n) is 7.38. The van der Waals surface area contributed by atoms with Crippen molar-refractivity contribution in [2.45, 2.75) is 185 Å². The van der Waals surface area contributed by atoms with Gasteiger partial charge < -0.3 is 9.64 Å². The molecular formula is C48H85NO2. The van der Waals surface area contributed by atoms with Crippen molar-refractivity contribution in [3.05, 3.63) is 53.1 Å². The topological polar surface area (TPSA) is 29.5 Å². The Hall–Kier alpha value is -2.03. The number of carbonyl (C=O) groups is 1. The molecule has 0 bridgehead atoms. The third kappa shape index (κ3) is 24.8. The van der Waals surface area contributed by atoms with Crippen LogP contribution in [0, 0.1) is 35.5 Å². The molecule has 1 aromatic rings. The number of carbonyl (C=O) groups excluding carboxylic acids is 1. The van der Waals surface area contributed by atoms with Crippen LogP contribution in [0.25, 0.3) is 0 Å². The summed E-state index contributed by atoms with van der Waals surface area (Å²) in [5, 5.41) is 0. The molecule has 0 radical (unpaired) electrons. The van der Waals surface area contributed by atoms with E-state index in [9.17, 15) is 4.79 Å². The zero-order valence-electron chi connectivity index (χ0n) is 35.8. The molecule has 294 valence electrons. The normalized spacial score (nSPS) is 14.9. The predicted molar refractivity (Wildman–Crippen MR) is 227 cm³/mol. The molecule has 1 rings (SSSR count). The molecule has 0 aliphatic rings. The van der Waals surface area contributed by atoms with Crippen LogP contribution >= 0.6 is 0 Å². The van der Waals surface area contributed by atoms with E-state index in [1.807, 2.05) is 18.2 Å². The van der Waals surface area contributed by atoms with Crippen molar-refractivity contribution in [2.75, 3.05) is 25.1 Å². The van der Waals surface area contributed by atoms with Gasteiger partial charge in [0.1, 0.15) is 0 Å². The van der Waals surface area contributed by atoms with Crippen LogP contribution in [0.4, 0.5) is 5.69 Å². The Morgan fingerprint density at radius 3 is 1.33 bits per heavy atom. The first-order valence-corrected chi connectivity index (χ1v) is 21.5. The first kappa shape index (κ1) is 47.0. The van der Waals surface area contributed by atoms with Crippen molar-refractivity contribution >= 4 is 11.7 Å². The number of ether oxygens (including phenoxy) is 1. The number of anilines is 1. The van der Waals surface area contributed by atoms with Gasteiger partial charge in [-0.1, -0.05) is 175 Å². The number of hydrogen-bond donors (Lipinski definition) is 0. The van der Waals surface area contributed by atoms with Crippen LogP contribution in [-0.2, 0) is 4.74 Å². The van der Waals surface area contributed by atoms with Gasteiger partial charge in [-0.15, -0.1) is 0 Å². The molecule has 1 aromatic carbocycles. The summed E-state index contributed by atoms with van der Waals surface area (Å²) >= 11 is 0. The molecule has 3 heteroatoms. The van der Waals surface area contributed by atoms with Crippen molar-refractivity contribution in [1.29, 1.82) is 0 Å². The molecule has 4 atom stereocenters. The summed E-state index contributed by atoms with van der Waals surface area (Å²) in [6.07, 6.45) is 28.9. The van der Waals surface area contributed by atoms with Crippen LogP contribution in [0.1, 0.15) is 195 Å². The molecule has 0 heterocycles. The van der Waals surface area contributed by atoms with E-state index in [-0.39, 0.29) is 5.97 Å². The minimum Gasteiger partial charge on any atom is -0.465 e. The standard InChI is InChI=1S/C48H85NO2/c1-38(2)19-12-21-40(5)23-14-25-42(7)27-16-29-44(9)33-35-49(47-32-18-31-46(37-47)48(50)51-11)36-34-45(10)30-17-28-43(8)26-15-24-41(6)22-13-20-39(3)4/h18,31-34,37-43H,12-17,19-30,35-36H2,1-11H3/b44-33+,45-34+/t40-,41-,42-,43-/m1/s1. The SMILES string of the molecule is COC(=O)c1cccc(N(C/C=C(\C)CCC[C@H](C)CCC[C@H](C)CCCC(C)C)C/C=C(\C)CCC[C@H](C)CCC[C@H](C)CCCC(C)C)c1. The molecule has 0 fully saturated rings. The van der Waals surface area contributed by atoms with E-state index in [2.05, 4.69) is 92.4 Å². The van der Waals surface area contributed by atoms with E-state index in [0.717, 1.165) is 67.1 Å². The van der Waals surface area contributed by atoms with Crippen LogP contribution in [0.5, 0.6) is 0 Å². The Bertz CT molecular complexity index is 1030. The number of methoxy groups -OCH3 is 1. The Kier molecular flexibility index (Phi) is 26.2. The van der Waals surface area contributed by atoms with Gasteiger partial charge in [0.2, 0.25) is 0 Å². The molecule has 51 heavy (non-hydrogen) atoms. The van der Waals surface area contributed by atoms with Crippen LogP contribution in [0.15, 0.2) is 47.6 Å². The molecule has 0 unspecified atom stereocenters. The van der Waals surface area contributed by atoms with Crippen LogP contribution in [-0.4, -0.2) is 26.2 Å². The fourth-order valence-corrected chi connectivity index (χ4v) is 7.38. The van der Waals surface area contributed by atoms with E-state index in [1.165, 1.54) is 121 Å². The number of benzene rings is 1. The Balaban J connectivity index is 2.60. The highest BCUT2D eigenvalue weighted by Gasteiger charge is 2.12. The number of allylic oxidation sites excluding steroid dienone is 2. The molecular weight excluding hydrogens is 623 g/mol. The van der Waals surface area contributed by atoms with Gasteiger partial charge in [0.05, 0.1) is 12.7 Å². The van der Waals surface area contributed by atoms with Gasteiger partial charge in [-0.25, -0.2) is 4.79 Å². The van der Waals surface area contributed by atoms with Crippen molar-refractivity contribution < 1.29 is 9.53 Å². The minimum atomic E-state index is -0.278. The van der Waals surface area contributed by atoms with Gasteiger partial charge >= 0.3 is 5.97 Å². The van der Waals surface area contributed by atoms with Crippen LogP contribution in [0.2, 0.25) is 0 Å². The summed E-state index contributed by atoms with van der Waals surface area (Å²) in [7, 11) is 1.46. The zero-order valence-corrected chi connectivity index (χ0v) is 35.8. The Morgan fingerprint density at radius 1 is 0.588 bits per heavy atom. The van der Waals surface area contributed by atoms with Crippen LogP contribution in [0.3, 0.4) is 0 Å². The molecule has 0 amide bonds. The molecule has 0 N–H and O–H groups in total. The summed E-state index contributed by atoms with van der Waals surface area (Å²) in [5.41, 5.74) is 4.62. The number of hydrogen-bond acceptors (Lipinski definition) is 3. The smallest absolute Gasteiger partial charge is 0.337 e. The lowest BCUT2D eigenvalue weighted by Crippen LogP contribution is -2.24. The quantitative estimate of drug-likeness (QED) is 0.0589. The minimum absolute atomic E-state index is 0.278. The third-order valence-corrected chi connectivity index (χ3v) is 11.2. The number of rotatable bonds is 30. The van der Waals surface area contributed by atoms with Crippen molar-refractivity contribution in [3.63, 3.8) is 0 Å². The Morgan fingerprint density at radius 2 is 0.961 bits per heavy atom. The van der Waals surface area contributed by atoms with E-state index in [4.69, 9.17) is 4.74 Å². The van der Waals surface area contributed by atoms with Crippen molar-refractivity contribution in [3.8, 4) is 0 Å². The highest BCUT2D eigenvalue weighted by molar-refractivity contribution is 5.90. The largest absolute Gasteiger partial charge is 0.465 e. The lowest BCUT2D eigenvalue weighted by atomic mass is 9.91. The first-order chi connectivity index (χ1) is 24.3. The summed E-state index contributed by atoms with van der Waals surface area (Å²) in [4.78, 5) is 14.7. The molecule has 0 spiro atoms. The second-order valence-electron chi connectivity index (χ2n) is 17.8. The highest BCUT2D eigenvalue weighted by atomic mass is 16.5. The van der Waals surface area contributed by atoms with Gasteiger partial charge in [0.15, 0.2) is 0 Å². The van der Waals surface area contributed by atoms with Gasteiger partial charge in [-0.3, -0.25) is 0 Å². The third-order valence-electron chi connectivity index (χ3n) is 11.2. The maximum absolute atomic E-state index is 12.3. The number of nitrogens with zero attached hydrogens (tertiary/aromatic N) is 1. The fraction of sp³-hybridized carbons (Fsp3) is 0.771. The van der Waals surface area contributed by atoms with Gasteiger partial charge in [0, 0.05) is 18.8 Å². The summed E-state index contributed by atoms with van der Waals surface area (Å²) < 4.78 is 5.03. The van der Waals surface area contributed by atoms with E-state index >= 15 is 0 Å². The maximum Gasteiger partial charge on any atom is 0.337 e. The average Bonchev–Trinajstić information content (AvgIpc) is 3.07. The zero-order chi connectivity index (χ0) is 38.0. The molecule has 0 aromatic heterocycles. The lowest BCUT2D eigenvalue weighted by molar-refractivity contribution is 0.0600. The molecule has 0 saturated carbocycles. The van der Waals surface area contributed by atoms with Crippen molar-refractivity contribution in [2.24, 2.45) is 35.5 Å². The molecule has 3 nitrogen and oxygen atoms in total. The summed E-state index contributed by atoms with van der Waals surface area (Å²) in [5.74, 6) is 4.76. The molecule has 0 aliphatic carbocycles. The summed E-state index contributed by atoms with van der Waals surface area (Å²) in [6.45, 7) is 25.4. The molecule has 0 saturated heterocycles. The first-order valence-electron chi connectivity index (χ1n) is 21.5.